The number of piperidine rings is 1. The Labute approximate surface area is 233 Å². The third kappa shape index (κ3) is 7.49. The molecule has 0 aliphatic carbocycles. The van der Waals surface area contributed by atoms with E-state index in [1.807, 2.05) is 29.2 Å². The van der Waals surface area contributed by atoms with Crippen LogP contribution in [0.25, 0.3) is 10.8 Å². The van der Waals surface area contributed by atoms with Crippen LogP contribution in [-0.4, -0.2) is 46.4 Å². The highest BCUT2D eigenvalue weighted by atomic mass is 35.5. The van der Waals surface area contributed by atoms with E-state index in [1.54, 1.807) is 45.2 Å². The highest BCUT2D eigenvalue weighted by Crippen LogP contribution is 2.25. The van der Waals surface area contributed by atoms with E-state index < -0.39 is 11.7 Å². The van der Waals surface area contributed by atoms with Gasteiger partial charge in [0, 0.05) is 52.6 Å². The van der Waals surface area contributed by atoms with Crippen molar-refractivity contribution in [2.24, 2.45) is 16.6 Å². The molecule has 1 aromatic heterocycles. The Hall–Kier alpha value is -4.09. The summed E-state index contributed by atoms with van der Waals surface area (Å²) < 4.78 is 5.19. The predicted molar refractivity (Wildman–Crippen MR) is 155 cm³/mol. The van der Waals surface area contributed by atoms with Crippen molar-refractivity contribution in [2.45, 2.75) is 45.6 Å². The molecule has 0 spiro atoms. The minimum Gasteiger partial charge on any atom is -0.442 e. The molecule has 0 saturated carbocycles. The second kappa shape index (κ2) is 11.7. The lowest BCUT2D eigenvalue weighted by Gasteiger charge is -2.32. The number of hydrogen-bond acceptors (Lipinski definition) is 5. The topological polar surface area (TPSA) is 124 Å². The van der Waals surface area contributed by atoms with E-state index in [4.69, 9.17) is 27.8 Å². The minimum absolute atomic E-state index is 0.0273. The molecule has 1 aliphatic heterocycles. The van der Waals surface area contributed by atoms with Gasteiger partial charge in [-0.25, -0.2) is 9.78 Å². The van der Waals surface area contributed by atoms with Crippen LogP contribution in [0.15, 0.2) is 53.7 Å². The maximum absolute atomic E-state index is 13.1. The van der Waals surface area contributed by atoms with Gasteiger partial charge in [-0.05, 0) is 75.9 Å². The fourth-order valence-electron chi connectivity index (χ4n) is 4.43. The van der Waals surface area contributed by atoms with Crippen LogP contribution < -0.4 is 11.5 Å². The van der Waals surface area contributed by atoms with Crippen LogP contribution in [0.4, 0.5) is 10.6 Å². The van der Waals surface area contributed by atoms with E-state index in [2.05, 4.69) is 21.8 Å². The molecule has 0 unspecified atom stereocenters. The van der Waals surface area contributed by atoms with Crippen molar-refractivity contribution < 1.29 is 14.3 Å². The van der Waals surface area contributed by atoms with Crippen molar-refractivity contribution in [2.75, 3.05) is 18.8 Å². The first-order valence-corrected chi connectivity index (χ1v) is 13.2. The summed E-state index contributed by atoms with van der Waals surface area (Å²) in [5.41, 5.74) is 13.4. The SMILES string of the molecule is CC(C)(C)OC(=O)N=C(N)CC1CCN(C(=O)c2ccc(C#Cc3c(N)ncc4ccc(Cl)cc34)cc2)CC1. The van der Waals surface area contributed by atoms with Crippen LogP contribution in [0.1, 0.15) is 61.5 Å². The van der Waals surface area contributed by atoms with E-state index in [0.717, 1.165) is 29.2 Å². The van der Waals surface area contributed by atoms with Crippen LogP contribution in [0.5, 0.6) is 0 Å². The lowest BCUT2D eigenvalue weighted by Crippen LogP contribution is -2.39. The molecule has 2 heterocycles. The quantitative estimate of drug-likeness (QED) is 0.258. The van der Waals surface area contributed by atoms with Crippen LogP contribution in [0.2, 0.25) is 5.02 Å². The average Bonchev–Trinajstić information content (AvgIpc) is 2.87. The maximum atomic E-state index is 13.1. The monoisotopic (exact) mass is 545 g/mol. The summed E-state index contributed by atoms with van der Waals surface area (Å²) in [5, 5.41) is 2.34. The van der Waals surface area contributed by atoms with Crippen molar-refractivity contribution in [3.8, 4) is 11.8 Å². The predicted octanol–water partition coefficient (Wildman–Crippen LogP) is 5.40. The fourth-order valence-corrected chi connectivity index (χ4v) is 4.60. The highest BCUT2D eigenvalue weighted by Gasteiger charge is 2.25. The molecule has 0 atom stereocenters. The summed E-state index contributed by atoms with van der Waals surface area (Å²) >= 11 is 6.17. The molecular formula is C30H32ClN5O3. The molecular weight excluding hydrogens is 514 g/mol. The number of carbonyl (C=O) groups excluding carboxylic acids is 2. The van der Waals surface area contributed by atoms with Gasteiger partial charge >= 0.3 is 6.09 Å². The molecule has 1 saturated heterocycles. The summed E-state index contributed by atoms with van der Waals surface area (Å²) in [6, 6.07) is 12.7. The number of carbonyl (C=O) groups is 2. The van der Waals surface area contributed by atoms with Crippen molar-refractivity contribution in [3.05, 3.63) is 70.4 Å². The van der Waals surface area contributed by atoms with E-state index >= 15 is 0 Å². The van der Waals surface area contributed by atoms with Gasteiger partial charge in [0.25, 0.3) is 5.91 Å². The van der Waals surface area contributed by atoms with E-state index in [9.17, 15) is 9.59 Å². The number of anilines is 1. The van der Waals surface area contributed by atoms with Crippen molar-refractivity contribution in [1.29, 1.82) is 0 Å². The van der Waals surface area contributed by atoms with Gasteiger partial charge in [-0.2, -0.15) is 4.99 Å². The largest absolute Gasteiger partial charge is 0.442 e. The molecule has 3 aromatic rings. The standard InChI is InChI=1S/C30H32ClN5O3/c1-30(2,3)39-29(38)35-26(32)16-20-12-14-36(15-13-20)28(37)21-7-4-19(5-8-21)6-11-24-25-17-23(31)10-9-22(25)18-34-27(24)33/h4-5,7-10,17-18,20H,12-16H2,1-3H3,(H2,33,34)(H2,32,35,38). The number of nitrogen functional groups attached to an aromatic ring is 1. The summed E-state index contributed by atoms with van der Waals surface area (Å²) in [7, 11) is 0. The van der Waals surface area contributed by atoms with Crippen LogP contribution in [-0.2, 0) is 4.74 Å². The maximum Gasteiger partial charge on any atom is 0.435 e. The van der Waals surface area contributed by atoms with Gasteiger partial charge in [0.2, 0.25) is 0 Å². The average molecular weight is 546 g/mol. The van der Waals surface area contributed by atoms with Gasteiger partial charge in [0.1, 0.15) is 17.3 Å². The first kappa shape index (κ1) is 27.9. The zero-order chi connectivity index (χ0) is 28.2. The Kier molecular flexibility index (Phi) is 8.41. The number of nitrogens with zero attached hydrogens (tertiary/aromatic N) is 3. The molecule has 202 valence electrons. The zero-order valence-corrected chi connectivity index (χ0v) is 23.1. The van der Waals surface area contributed by atoms with E-state index in [1.165, 1.54) is 0 Å². The summed E-state index contributed by atoms with van der Waals surface area (Å²) in [4.78, 5) is 34.8. The molecule has 9 heteroatoms. The highest BCUT2D eigenvalue weighted by molar-refractivity contribution is 6.31. The second-order valence-electron chi connectivity index (χ2n) is 10.6. The normalized spacial score (nSPS) is 14.6. The van der Waals surface area contributed by atoms with E-state index in [0.29, 0.717) is 41.5 Å². The van der Waals surface area contributed by atoms with Crippen molar-refractivity contribution >= 4 is 46.0 Å². The molecule has 4 rings (SSSR count). The number of amidine groups is 1. The number of halogens is 1. The summed E-state index contributed by atoms with van der Waals surface area (Å²) in [6.07, 6.45) is 3.08. The minimum atomic E-state index is -0.678. The number of rotatable bonds is 3. The Morgan fingerprint density at radius 3 is 2.49 bits per heavy atom. The molecule has 2 aromatic carbocycles. The number of benzene rings is 2. The number of ether oxygens (including phenoxy) is 1. The van der Waals surface area contributed by atoms with Crippen molar-refractivity contribution in [3.63, 3.8) is 0 Å². The van der Waals surface area contributed by atoms with Gasteiger partial charge in [-0.1, -0.05) is 29.5 Å². The zero-order valence-electron chi connectivity index (χ0n) is 22.3. The smallest absolute Gasteiger partial charge is 0.435 e. The first-order valence-electron chi connectivity index (χ1n) is 12.8. The number of pyridine rings is 1. The van der Waals surface area contributed by atoms with Crippen molar-refractivity contribution in [1.82, 2.24) is 9.88 Å². The molecule has 39 heavy (non-hydrogen) atoms. The Morgan fingerprint density at radius 1 is 1.13 bits per heavy atom. The van der Waals surface area contributed by atoms with Crippen LogP contribution in [0.3, 0.4) is 0 Å². The molecule has 4 N–H and O–H groups in total. The van der Waals surface area contributed by atoms with Gasteiger partial charge in [0.05, 0.1) is 5.56 Å². The fraction of sp³-hybridized carbons (Fsp3) is 0.333. The number of aromatic nitrogens is 1. The summed E-state index contributed by atoms with van der Waals surface area (Å²) in [5.74, 6) is 7.05. The molecule has 8 nitrogen and oxygen atoms in total. The van der Waals surface area contributed by atoms with Crippen LogP contribution >= 0.6 is 11.6 Å². The van der Waals surface area contributed by atoms with Gasteiger partial charge in [-0.15, -0.1) is 0 Å². The molecule has 1 aliphatic rings. The first-order chi connectivity index (χ1) is 18.5. The third-order valence-electron chi connectivity index (χ3n) is 6.38. The number of aliphatic imine (C=N–C) groups is 1. The molecule has 2 amide bonds. The number of hydrogen-bond donors (Lipinski definition) is 2. The lowest BCUT2D eigenvalue weighted by atomic mass is 9.92. The Bertz CT molecular complexity index is 1470. The third-order valence-corrected chi connectivity index (χ3v) is 6.61. The molecule has 0 bridgehead atoms. The number of nitrogens with two attached hydrogens (primary N) is 2. The second-order valence-corrected chi connectivity index (χ2v) is 11.0. The molecule has 1 fully saturated rings. The lowest BCUT2D eigenvalue weighted by molar-refractivity contribution is 0.0603. The molecule has 0 radical (unpaired) electrons. The Morgan fingerprint density at radius 2 is 1.82 bits per heavy atom. The Balaban J connectivity index is 1.35. The number of likely N-dealkylation sites (tertiary alicyclic amines) is 1. The van der Waals surface area contributed by atoms with Gasteiger partial charge in [-0.3, -0.25) is 4.79 Å². The summed E-state index contributed by atoms with van der Waals surface area (Å²) in [6.45, 7) is 6.56. The number of fused-ring (bicyclic) bond motifs is 1. The van der Waals surface area contributed by atoms with Crippen LogP contribution in [0, 0.1) is 17.8 Å². The number of amides is 2. The van der Waals surface area contributed by atoms with E-state index in [-0.39, 0.29) is 17.7 Å². The van der Waals surface area contributed by atoms with Gasteiger partial charge < -0.3 is 21.1 Å². The van der Waals surface area contributed by atoms with Gasteiger partial charge in [0.15, 0.2) is 0 Å².